The Morgan fingerprint density at radius 2 is 2.03 bits per heavy atom. The van der Waals surface area contributed by atoms with Crippen molar-refractivity contribution >= 4 is 57.0 Å². The average molecular weight is 556 g/mol. The Labute approximate surface area is 206 Å². The van der Waals surface area contributed by atoms with Crippen LogP contribution in [0.2, 0.25) is 5.02 Å². The van der Waals surface area contributed by atoms with Gasteiger partial charge in [-0.3, -0.25) is 4.99 Å². The Hall–Kier alpha value is -3.05. The Morgan fingerprint density at radius 3 is 2.79 bits per heavy atom. The first kappa shape index (κ1) is 24.1. The number of halogens is 5. The molecule has 2 aliphatic heterocycles. The molecule has 2 aromatic rings. The standard InChI is InChI=1S/C22H19BrClF3N6O/c23-16-12-30-33-19(11-18(32-20(16)33)15-6-1-2-7-17(15)24)28-8-9-29-21(34)31-14-5-3-4-13(10-14)22(25,26)27/h1-7,10-12,16,20,32H,8-9H2,(H2,29,31,34). The van der Waals surface area contributed by atoms with Crippen molar-refractivity contribution in [3.05, 3.63) is 70.8 Å². The third kappa shape index (κ3) is 5.53. The lowest BCUT2D eigenvalue weighted by Crippen LogP contribution is -2.50. The van der Waals surface area contributed by atoms with Crippen molar-refractivity contribution in [1.29, 1.82) is 0 Å². The highest BCUT2D eigenvalue weighted by molar-refractivity contribution is 9.10. The van der Waals surface area contributed by atoms with Crippen LogP contribution in [0.3, 0.4) is 0 Å². The molecule has 2 unspecified atom stereocenters. The number of carbonyl (C=O) groups excluding carboxylic acids is 1. The second-order valence-corrected chi connectivity index (χ2v) is 8.84. The lowest BCUT2D eigenvalue weighted by molar-refractivity contribution is -0.137. The first-order valence-electron chi connectivity index (χ1n) is 10.2. The van der Waals surface area contributed by atoms with E-state index in [0.717, 1.165) is 23.4 Å². The van der Waals surface area contributed by atoms with Crippen molar-refractivity contribution in [3.63, 3.8) is 0 Å². The molecular weight excluding hydrogens is 537 g/mol. The molecule has 0 bridgehead atoms. The van der Waals surface area contributed by atoms with Gasteiger partial charge in [0.25, 0.3) is 0 Å². The molecule has 0 radical (unpaired) electrons. The molecule has 0 aliphatic carbocycles. The number of nitrogens with zero attached hydrogens (tertiary/aromatic N) is 3. The number of urea groups is 1. The van der Waals surface area contributed by atoms with E-state index in [-0.39, 0.29) is 29.8 Å². The summed E-state index contributed by atoms with van der Waals surface area (Å²) in [5, 5.41) is 15.1. The van der Waals surface area contributed by atoms with Crippen LogP contribution in [0.25, 0.3) is 5.70 Å². The molecule has 3 N–H and O–H groups in total. The summed E-state index contributed by atoms with van der Waals surface area (Å²) in [5.74, 6) is 0.581. The van der Waals surface area contributed by atoms with Gasteiger partial charge in [0.1, 0.15) is 12.0 Å². The van der Waals surface area contributed by atoms with Gasteiger partial charge >= 0.3 is 12.2 Å². The molecule has 2 aliphatic rings. The van der Waals surface area contributed by atoms with Crippen LogP contribution in [0.4, 0.5) is 23.7 Å². The molecule has 2 heterocycles. The first-order chi connectivity index (χ1) is 16.2. The molecule has 0 saturated carbocycles. The van der Waals surface area contributed by atoms with E-state index in [1.807, 2.05) is 24.3 Å². The smallest absolute Gasteiger partial charge is 0.362 e. The SMILES string of the molecule is O=C(NCCN=C1C=C(c2ccccc2Cl)NC2C(Br)C=NN12)Nc1cccc(C(F)(F)F)c1. The number of fused-ring (bicyclic) bond motifs is 1. The Morgan fingerprint density at radius 1 is 1.24 bits per heavy atom. The summed E-state index contributed by atoms with van der Waals surface area (Å²) >= 11 is 9.92. The highest BCUT2D eigenvalue weighted by Crippen LogP contribution is 2.31. The largest absolute Gasteiger partial charge is 0.416 e. The molecule has 0 saturated heterocycles. The number of aliphatic imine (C=N–C) groups is 1. The molecule has 2 atom stereocenters. The van der Waals surface area contributed by atoms with Gasteiger partial charge in [-0.1, -0.05) is 51.8 Å². The maximum Gasteiger partial charge on any atom is 0.416 e. The fourth-order valence-electron chi connectivity index (χ4n) is 3.40. The number of hydrogen-bond donors (Lipinski definition) is 3. The van der Waals surface area contributed by atoms with Crippen LogP contribution in [-0.2, 0) is 6.18 Å². The van der Waals surface area contributed by atoms with E-state index < -0.39 is 17.8 Å². The molecule has 7 nitrogen and oxygen atoms in total. The summed E-state index contributed by atoms with van der Waals surface area (Å²) in [6, 6.07) is 11.2. The molecule has 12 heteroatoms. The van der Waals surface area contributed by atoms with E-state index in [0.29, 0.717) is 10.9 Å². The van der Waals surface area contributed by atoms with Crippen LogP contribution >= 0.6 is 27.5 Å². The lowest BCUT2D eigenvalue weighted by atomic mass is 10.1. The summed E-state index contributed by atoms with van der Waals surface area (Å²) in [5.41, 5.74) is 0.814. The van der Waals surface area contributed by atoms with Crippen molar-refractivity contribution in [2.45, 2.75) is 17.2 Å². The summed E-state index contributed by atoms with van der Waals surface area (Å²) in [4.78, 5) is 16.6. The summed E-state index contributed by atoms with van der Waals surface area (Å²) in [6.45, 7) is 0.389. The minimum atomic E-state index is -4.49. The summed E-state index contributed by atoms with van der Waals surface area (Å²) in [7, 11) is 0. The number of amidine groups is 1. The fourth-order valence-corrected chi connectivity index (χ4v) is 4.10. The van der Waals surface area contributed by atoms with Gasteiger partial charge in [0.2, 0.25) is 0 Å². The normalized spacial score (nSPS) is 20.6. The van der Waals surface area contributed by atoms with Crippen molar-refractivity contribution < 1.29 is 18.0 Å². The van der Waals surface area contributed by atoms with Crippen molar-refractivity contribution in [1.82, 2.24) is 15.6 Å². The van der Waals surface area contributed by atoms with E-state index in [1.54, 1.807) is 17.3 Å². The maximum absolute atomic E-state index is 12.8. The van der Waals surface area contributed by atoms with Crippen LogP contribution in [0.15, 0.2) is 64.7 Å². The Bertz CT molecular complexity index is 1170. The van der Waals surface area contributed by atoms with Gasteiger partial charge in [-0.2, -0.15) is 18.3 Å². The molecule has 2 aromatic carbocycles. The number of amides is 2. The third-order valence-corrected chi connectivity index (χ3v) is 6.06. The predicted octanol–water partition coefficient (Wildman–Crippen LogP) is 4.91. The third-order valence-electron chi connectivity index (χ3n) is 4.99. The zero-order valence-corrected chi connectivity index (χ0v) is 19.8. The van der Waals surface area contributed by atoms with Crippen LogP contribution in [0.5, 0.6) is 0 Å². The van der Waals surface area contributed by atoms with Crippen molar-refractivity contribution in [3.8, 4) is 0 Å². The highest BCUT2D eigenvalue weighted by atomic mass is 79.9. The maximum atomic E-state index is 12.8. The summed E-state index contributed by atoms with van der Waals surface area (Å²) in [6.07, 6.45) is -1.12. The Balaban J connectivity index is 1.40. The monoisotopic (exact) mass is 554 g/mol. The van der Waals surface area contributed by atoms with E-state index in [9.17, 15) is 18.0 Å². The van der Waals surface area contributed by atoms with Crippen molar-refractivity contribution in [2.24, 2.45) is 10.1 Å². The average Bonchev–Trinajstić information content (AvgIpc) is 3.17. The number of hydrazone groups is 1. The number of nitrogens with one attached hydrogen (secondary N) is 3. The van der Waals surface area contributed by atoms with Gasteiger partial charge in [-0.05, 0) is 24.3 Å². The van der Waals surface area contributed by atoms with Crippen LogP contribution in [0.1, 0.15) is 11.1 Å². The number of hydrogen-bond acceptors (Lipinski definition) is 4. The quantitative estimate of drug-likeness (QED) is 0.362. The number of rotatable bonds is 5. The van der Waals surface area contributed by atoms with Gasteiger partial charge in [0.05, 0.1) is 16.9 Å². The van der Waals surface area contributed by atoms with Gasteiger partial charge in [0, 0.05) is 40.8 Å². The zero-order chi connectivity index (χ0) is 24.3. The van der Waals surface area contributed by atoms with Crippen LogP contribution in [0, 0.1) is 0 Å². The molecule has 34 heavy (non-hydrogen) atoms. The van der Waals surface area contributed by atoms with E-state index in [2.05, 4.69) is 42.0 Å². The summed E-state index contributed by atoms with van der Waals surface area (Å²) < 4.78 is 38.5. The lowest BCUT2D eigenvalue weighted by Gasteiger charge is -2.33. The minimum Gasteiger partial charge on any atom is -0.362 e. The molecule has 2 amide bonds. The van der Waals surface area contributed by atoms with Crippen LogP contribution in [-0.4, -0.2) is 47.2 Å². The van der Waals surface area contributed by atoms with Gasteiger partial charge in [0.15, 0.2) is 0 Å². The molecule has 178 valence electrons. The molecule has 4 rings (SSSR count). The first-order valence-corrected chi connectivity index (χ1v) is 11.5. The topological polar surface area (TPSA) is 81.1 Å². The molecule has 0 fully saturated rings. The zero-order valence-electron chi connectivity index (χ0n) is 17.5. The molecule has 0 aromatic heterocycles. The van der Waals surface area contributed by atoms with E-state index >= 15 is 0 Å². The van der Waals surface area contributed by atoms with Gasteiger partial charge in [-0.25, -0.2) is 9.80 Å². The van der Waals surface area contributed by atoms with E-state index in [1.165, 1.54) is 12.1 Å². The molecule has 0 spiro atoms. The van der Waals surface area contributed by atoms with E-state index in [4.69, 9.17) is 11.6 Å². The highest BCUT2D eigenvalue weighted by Gasteiger charge is 2.35. The minimum absolute atomic E-state index is 0.0434. The van der Waals surface area contributed by atoms with Crippen molar-refractivity contribution in [2.75, 3.05) is 18.4 Å². The predicted molar refractivity (Wildman–Crippen MR) is 130 cm³/mol. The second-order valence-electron chi connectivity index (χ2n) is 7.38. The van der Waals surface area contributed by atoms with Gasteiger partial charge < -0.3 is 16.0 Å². The fraction of sp³-hybridized carbons (Fsp3) is 0.227. The van der Waals surface area contributed by atoms with Crippen LogP contribution < -0.4 is 16.0 Å². The number of benzene rings is 2. The van der Waals surface area contributed by atoms with Gasteiger partial charge in [-0.15, -0.1) is 0 Å². The second kappa shape index (κ2) is 10.1. The molecular formula is C22H19BrClF3N6O. The number of alkyl halides is 4. The Kier molecular flexibility index (Phi) is 7.13. The number of anilines is 1. The number of carbonyl (C=O) groups is 1.